The summed E-state index contributed by atoms with van der Waals surface area (Å²) in [4.78, 5) is 12.3. The van der Waals surface area contributed by atoms with Gasteiger partial charge in [-0.2, -0.15) is 0 Å². The number of benzene rings is 1. The van der Waals surface area contributed by atoms with Gasteiger partial charge >= 0.3 is 0 Å². The van der Waals surface area contributed by atoms with E-state index in [1.54, 1.807) is 0 Å². The number of para-hydroxylation sites is 1. The Hall–Kier alpha value is -1.79. The Bertz CT molecular complexity index is 520. The quantitative estimate of drug-likeness (QED) is 0.834. The molecule has 1 aromatic rings. The lowest BCUT2D eigenvalue weighted by atomic mass is 10.0. The first-order valence-electron chi connectivity index (χ1n) is 7.26. The Morgan fingerprint density at radius 3 is 3.10 bits per heavy atom. The largest absolute Gasteiger partial charge is 0.454 e. The summed E-state index contributed by atoms with van der Waals surface area (Å²) < 4.78 is 16.2. The second-order valence-corrected chi connectivity index (χ2v) is 5.18. The molecule has 2 atom stereocenters. The van der Waals surface area contributed by atoms with E-state index in [4.69, 9.17) is 14.2 Å². The van der Waals surface area contributed by atoms with E-state index < -0.39 is 0 Å². The first kappa shape index (κ1) is 14.2. The number of likely N-dealkylation sites (N-methyl/N-ethyl adjacent to an activating group) is 1. The van der Waals surface area contributed by atoms with Crippen LogP contribution in [0.3, 0.4) is 0 Å². The lowest BCUT2D eigenvalue weighted by Gasteiger charge is -2.18. The topological polar surface area (TPSA) is 68.8 Å². The minimum atomic E-state index is -0.140. The van der Waals surface area contributed by atoms with E-state index in [1.807, 2.05) is 25.1 Å². The minimum absolute atomic E-state index is 0.00923. The number of nitrogens with one attached hydrogen (secondary N) is 2. The maximum atomic E-state index is 12.3. The molecule has 2 heterocycles. The molecule has 0 aromatic heterocycles. The van der Waals surface area contributed by atoms with E-state index in [0.717, 1.165) is 23.6 Å². The summed E-state index contributed by atoms with van der Waals surface area (Å²) in [6, 6.07) is 5.78. The molecule has 1 saturated heterocycles. The van der Waals surface area contributed by atoms with Crippen LogP contribution in [0.4, 0.5) is 0 Å². The van der Waals surface area contributed by atoms with Crippen molar-refractivity contribution in [3.05, 3.63) is 23.8 Å². The van der Waals surface area contributed by atoms with E-state index in [2.05, 4.69) is 10.6 Å². The van der Waals surface area contributed by atoms with Gasteiger partial charge in [-0.15, -0.1) is 0 Å². The smallest absolute Gasteiger partial charge is 0.231 e. The molecule has 0 saturated carbocycles. The molecule has 0 bridgehead atoms. The fraction of sp³-hybridized carbons (Fsp3) is 0.533. The molecule has 1 fully saturated rings. The summed E-state index contributed by atoms with van der Waals surface area (Å²) in [7, 11) is 0. The predicted molar refractivity (Wildman–Crippen MR) is 76.2 cm³/mol. The highest BCUT2D eigenvalue weighted by atomic mass is 16.7. The molecule has 1 amide bonds. The third kappa shape index (κ3) is 2.96. The number of ether oxygens (including phenoxy) is 3. The van der Waals surface area contributed by atoms with Crippen LogP contribution in [-0.2, 0) is 16.1 Å². The van der Waals surface area contributed by atoms with Gasteiger partial charge < -0.3 is 24.8 Å². The van der Waals surface area contributed by atoms with Crippen molar-refractivity contribution in [1.29, 1.82) is 0 Å². The van der Waals surface area contributed by atoms with Gasteiger partial charge in [-0.05, 0) is 12.6 Å². The van der Waals surface area contributed by atoms with Gasteiger partial charge in [0.1, 0.15) is 0 Å². The molecule has 2 unspecified atom stereocenters. The third-order valence-corrected chi connectivity index (χ3v) is 3.81. The highest BCUT2D eigenvalue weighted by Gasteiger charge is 2.33. The van der Waals surface area contributed by atoms with Crippen LogP contribution in [0.1, 0.15) is 12.5 Å². The normalized spacial score (nSPS) is 23.3. The first-order chi connectivity index (χ1) is 10.3. The van der Waals surface area contributed by atoms with Gasteiger partial charge in [-0.25, -0.2) is 0 Å². The van der Waals surface area contributed by atoms with Gasteiger partial charge in [0.15, 0.2) is 11.5 Å². The average Bonchev–Trinajstić information content (AvgIpc) is 3.13. The van der Waals surface area contributed by atoms with Crippen LogP contribution in [0.15, 0.2) is 18.2 Å². The molecule has 0 aliphatic carbocycles. The number of hydrogen-bond acceptors (Lipinski definition) is 5. The van der Waals surface area contributed by atoms with Crippen LogP contribution in [0, 0.1) is 5.92 Å². The standard InChI is InChI=1S/C15H20N2O4/c1-2-16-12-8-19-7-11(12)15(18)17-6-10-4-3-5-13-14(10)21-9-20-13/h3-5,11-12,16H,2,6-9H2,1H3,(H,17,18). The van der Waals surface area contributed by atoms with Crippen LogP contribution in [0.5, 0.6) is 11.5 Å². The zero-order chi connectivity index (χ0) is 14.7. The van der Waals surface area contributed by atoms with Crippen molar-refractivity contribution in [2.75, 3.05) is 26.6 Å². The van der Waals surface area contributed by atoms with E-state index in [1.165, 1.54) is 0 Å². The summed E-state index contributed by atoms with van der Waals surface area (Å²) >= 11 is 0. The molecule has 6 nitrogen and oxygen atoms in total. The number of amides is 1. The summed E-state index contributed by atoms with van der Waals surface area (Å²) in [6.07, 6.45) is 0. The van der Waals surface area contributed by atoms with Crippen LogP contribution in [0.25, 0.3) is 0 Å². The molecule has 2 N–H and O–H groups in total. The van der Waals surface area contributed by atoms with Gasteiger partial charge in [0.05, 0.1) is 19.1 Å². The fourth-order valence-electron chi connectivity index (χ4n) is 2.72. The highest BCUT2D eigenvalue weighted by molar-refractivity contribution is 5.80. The third-order valence-electron chi connectivity index (χ3n) is 3.81. The lowest BCUT2D eigenvalue weighted by molar-refractivity contribution is -0.125. The van der Waals surface area contributed by atoms with E-state index in [-0.39, 0.29) is 24.7 Å². The first-order valence-corrected chi connectivity index (χ1v) is 7.26. The lowest BCUT2D eigenvalue weighted by Crippen LogP contribution is -2.43. The fourth-order valence-corrected chi connectivity index (χ4v) is 2.72. The van der Waals surface area contributed by atoms with Crippen molar-refractivity contribution in [1.82, 2.24) is 10.6 Å². The Labute approximate surface area is 123 Å². The zero-order valence-electron chi connectivity index (χ0n) is 12.1. The molecule has 1 aromatic carbocycles. The van der Waals surface area contributed by atoms with Crippen molar-refractivity contribution in [2.24, 2.45) is 5.92 Å². The van der Waals surface area contributed by atoms with Gasteiger partial charge in [-0.3, -0.25) is 4.79 Å². The number of carbonyl (C=O) groups excluding carboxylic acids is 1. The number of carbonyl (C=O) groups is 1. The Balaban J connectivity index is 1.60. The molecule has 3 rings (SSSR count). The zero-order valence-corrected chi connectivity index (χ0v) is 12.1. The molecule has 21 heavy (non-hydrogen) atoms. The minimum Gasteiger partial charge on any atom is -0.454 e. The van der Waals surface area contributed by atoms with E-state index >= 15 is 0 Å². The van der Waals surface area contributed by atoms with Gasteiger partial charge in [-0.1, -0.05) is 19.1 Å². The summed E-state index contributed by atoms with van der Waals surface area (Å²) in [5, 5.41) is 6.25. The summed E-state index contributed by atoms with van der Waals surface area (Å²) in [6.45, 7) is 4.58. The number of fused-ring (bicyclic) bond motifs is 1. The maximum absolute atomic E-state index is 12.3. The van der Waals surface area contributed by atoms with E-state index in [0.29, 0.717) is 19.8 Å². The number of hydrogen-bond donors (Lipinski definition) is 2. The molecule has 114 valence electrons. The molecule has 2 aliphatic heterocycles. The van der Waals surface area contributed by atoms with Crippen molar-refractivity contribution in [2.45, 2.75) is 19.5 Å². The summed E-state index contributed by atoms with van der Waals surface area (Å²) in [5.41, 5.74) is 0.928. The molecule has 0 spiro atoms. The van der Waals surface area contributed by atoms with Crippen molar-refractivity contribution < 1.29 is 19.0 Å². The van der Waals surface area contributed by atoms with Crippen LogP contribution < -0.4 is 20.1 Å². The monoisotopic (exact) mass is 292 g/mol. The van der Waals surface area contributed by atoms with Crippen LogP contribution >= 0.6 is 0 Å². The summed E-state index contributed by atoms with van der Waals surface area (Å²) in [5.74, 6) is 1.33. The molecular weight excluding hydrogens is 272 g/mol. The van der Waals surface area contributed by atoms with E-state index in [9.17, 15) is 4.79 Å². The second-order valence-electron chi connectivity index (χ2n) is 5.18. The maximum Gasteiger partial charge on any atom is 0.231 e. The van der Waals surface area contributed by atoms with Gasteiger partial charge in [0.25, 0.3) is 0 Å². The van der Waals surface area contributed by atoms with Gasteiger partial charge in [0.2, 0.25) is 12.7 Å². The Morgan fingerprint density at radius 2 is 2.24 bits per heavy atom. The van der Waals surface area contributed by atoms with Crippen molar-refractivity contribution in [3.8, 4) is 11.5 Å². The van der Waals surface area contributed by atoms with Crippen molar-refractivity contribution in [3.63, 3.8) is 0 Å². The molecular formula is C15H20N2O4. The Morgan fingerprint density at radius 1 is 1.33 bits per heavy atom. The van der Waals surface area contributed by atoms with Crippen LogP contribution in [0.2, 0.25) is 0 Å². The predicted octanol–water partition coefficient (Wildman–Crippen LogP) is 0.656. The molecule has 6 heteroatoms. The second kappa shape index (κ2) is 6.32. The number of rotatable bonds is 5. The Kier molecular flexibility index (Phi) is 4.26. The average molecular weight is 292 g/mol. The highest BCUT2D eigenvalue weighted by Crippen LogP contribution is 2.35. The van der Waals surface area contributed by atoms with Crippen LogP contribution in [-0.4, -0.2) is 38.5 Å². The van der Waals surface area contributed by atoms with Gasteiger partial charge in [0, 0.05) is 18.2 Å². The molecule has 0 radical (unpaired) electrons. The van der Waals surface area contributed by atoms with Crippen molar-refractivity contribution >= 4 is 5.91 Å². The SMILES string of the molecule is CCNC1COCC1C(=O)NCc1cccc2c1OCO2. The molecule has 2 aliphatic rings.